The van der Waals surface area contributed by atoms with Gasteiger partial charge in [-0.2, -0.15) is 0 Å². The fourth-order valence-electron chi connectivity index (χ4n) is 1.82. The van der Waals surface area contributed by atoms with E-state index in [0.29, 0.717) is 17.4 Å². The third-order valence-corrected chi connectivity index (χ3v) is 2.99. The second-order valence-electron chi connectivity index (χ2n) is 5.26. The number of nitrogens with two attached hydrogens (primary N) is 1. The van der Waals surface area contributed by atoms with Gasteiger partial charge in [-0.15, -0.1) is 0 Å². The molecule has 2 rings (SSSR count). The minimum Gasteiger partial charge on any atom is -0.481 e. The molecule has 0 amide bonds. The first kappa shape index (κ1) is 11.8. The van der Waals surface area contributed by atoms with Crippen molar-refractivity contribution in [1.29, 1.82) is 0 Å². The van der Waals surface area contributed by atoms with Crippen LogP contribution in [0.5, 0.6) is 0 Å². The molecule has 5 nitrogen and oxygen atoms in total. The van der Waals surface area contributed by atoms with E-state index in [1.807, 2.05) is 13.8 Å². The third kappa shape index (κ3) is 2.72. The molecule has 0 radical (unpaired) electrons. The monoisotopic (exact) mass is 235 g/mol. The van der Waals surface area contributed by atoms with Gasteiger partial charge in [0.25, 0.3) is 0 Å². The highest BCUT2D eigenvalue weighted by Gasteiger charge is 2.31. The predicted octanol–water partition coefficient (Wildman–Crippen LogP) is 1.69. The van der Waals surface area contributed by atoms with Crippen LogP contribution in [0, 0.1) is 0 Å². The lowest BCUT2D eigenvalue weighted by atomic mass is 9.85. The number of hydrogen-bond acceptors (Lipinski definition) is 4. The second kappa shape index (κ2) is 3.98. The Hall–Kier alpha value is -1.65. The first-order valence-electron chi connectivity index (χ1n) is 5.75. The summed E-state index contributed by atoms with van der Waals surface area (Å²) in [5, 5.41) is 8.90. The summed E-state index contributed by atoms with van der Waals surface area (Å²) in [6.45, 7) is 3.72. The highest BCUT2D eigenvalue weighted by atomic mass is 16.4. The van der Waals surface area contributed by atoms with Crippen molar-refractivity contribution in [2.24, 2.45) is 0 Å². The van der Waals surface area contributed by atoms with E-state index in [2.05, 4.69) is 9.97 Å². The van der Waals surface area contributed by atoms with Crippen LogP contribution in [0.1, 0.15) is 50.5 Å². The number of nitrogen functional groups attached to an aromatic ring is 1. The van der Waals surface area contributed by atoms with Crippen LogP contribution in [0.25, 0.3) is 0 Å². The van der Waals surface area contributed by atoms with Crippen molar-refractivity contribution in [2.75, 3.05) is 5.73 Å². The molecule has 0 aliphatic heterocycles. The average molecular weight is 235 g/mol. The summed E-state index contributed by atoms with van der Waals surface area (Å²) in [5.41, 5.74) is 5.95. The second-order valence-corrected chi connectivity index (χ2v) is 5.26. The molecule has 0 saturated heterocycles. The lowest BCUT2D eigenvalue weighted by Gasteiger charge is -2.22. The lowest BCUT2D eigenvalue weighted by molar-refractivity contribution is -0.138. The highest BCUT2D eigenvalue weighted by molar-refractivity contribution is 5.68. The van der Waals surface area contributed by atoms with Gasteiger partial charge in [0.1, 0.15) is 11.6 Å². The van der Waals surface area contributed by atoms with Crippen LogP contribution in [-0.2, 0) is 10.2 Å². The maximum atomic E-state index is 10.8. The molecule has 1 saturated carbocycles. The molecule has 1 heterocycles. The van der Waals surface area contributed by atoms with Gasteiger partial charge in [-0.3, -0.25) is 4.79 Å². The zero-order chi connectivity index (χ0) is 12.6. The van der Waals surface area contributed by atoms with Crippen molar-refractivity contribution < 1.29 is 9.90 Å². The zero-order valence-corrected chi connectivity index (χ0v) is 10.1. The standard InChI is InChI=1S/C12H17N3O2/c1-12(2,6-10(16)17)8-5-9(13)15-11(14-8)7-3-4-7/h5,7H,3-4,6H2,1-2H3,(H,16,17)(H2,13,14,15). The van der Waals surface area contributed by atoms with Gasteiger partial charge in [0.15, 0.2) is 0 Å². The normalized spacial score (nSPS) is 15.9. The van der Waals surface area contributed by atoms with E-state index < -0.39 is 11.4 Å². The molecule has 0 unspecified atom stereocenters. The molecular formula is C12H17N3O2. The number of aromatic nitrogens is 2. The molecule has 17 heavy (non-hydrogen) atoms. The summed E-state index contributed by atoms with van der Waals surface area (Å²) >= 11 is 0. The van der Waals surface area contributed by atoms with Crippen LogP contribution in [0.4, 0.5) is 5.82 Å². The Morgan fingerprint density at radius 1 is 1.53 bits per heavy atom. The Morgan fingerprint density at radius 2 is 2.18 bits per heavy atom. The largest absolute Gasteiger partial charge is 0.481 e. The van der Waals surface area contributed by atoms with Gasteiger partial charge in [0.05, 0.1) is 12.1 Å². The van der Waals surface area contributed by atoms with E-state index in [1.54, 1.807) is 6.07 Å². The molecule has 5 heteroatoms. The van der Waals surface area contributed by atoms with Crippen LogP contribution in [0.15, 0.2) is 6.07 Å². The van der Waals surface area contributed by atoms with E-state index in [9.17, 15) is 4.79 Å². The molecular weight excluding hydrogens is 218 g/mol. The lowest BCUT2D eigenvalue weighted by Crippen LogP contribution is -2.24. The number of carbonyl (C=O) groups is 1. The Morgan fingerprint density at radius 3 is 2.71 bits per heavy atom. The van der Waals surface area contributed by atoms with Gasteiger partial charge in [-0.05, 0) is 12.8 Å². The van der Waals surface area contributed by atoms with Crippen molar-refractivity contribution in [3.8, 4) is 0 Å². The van der Waals surface area contributed by atoms with E-state index in [4.69, 9.17) is 10.8 Å². The zero-order valence-electron chi connectivity index (χ0n) is 10.1. The molecule has 1 fully saturated rings. The molecule has 0 bridgehead atoms. The minimum absolute atomic E-state index is 0.0353. The van der Waals surface area contributed by atoms with Crippen LogP contribution < -0.4 is 5.73 Å². The van der Waals surface area contributed by atoms with Crippen molar-refractivity contribution in [2.45, 2.75) is 44.4 Å². The average Bonchev–Trinajstić information content (AvgIpc) is 2.97. The van der Waals surface area contributed by atoms with Gasteiger partial charge < -0.3 is 10.8 Å². The smallest absolute Gasteiger partial charge is 0.304 e. The van der Waals surface area contributed by atoms with Crippen LogP contribution >= 0.6 is 0 Å². The summed E-state index contributed by atoms with van der Waals surface area (Å²) in [6, 6.07) is 1.68. The van der Waals surface area contributed by atoms with Gasteiger partial charge in [0.2, 0.25) is 0 Å². The minimum atomic E-state index is -0.833. The topological polar surface area (TPSA) is 89.1 Å². The van der Waals surface area contributed by atoms with Crippen LogP contribution in [-0.4, -0.2) is 21.0 Å². The number of anilines is 1. The van der Waals surface area contributed by atoms with E-state index >= 15 is 0 Å². The number of hydrogen-bond donors (Lipinski definition) is 2. The summed E-state index contributed by atoms with van der Waals surface area (Å²) in [7, 11) is 0. The number of aliphatic carboxylic acids is 1. The third-order valence-electron chi connectivity index (χ3n) is 2.99. The number of carboxylic acid groups (broad SMARTS) is 1. The summed E-state index contributed by atoms with van der Waals surface area (Å²) in [6.07, 6.45) is 2.23. The maximum absolute atomic E-state index is 10.8. The Kier molecular flexibility index (Phi) is 2.77. The van der Waals surface area contributed by atoms with Crippen molar-refractivity contribution in [3.63, 3.8) is 0 Å². The predicted molar refractivity (Wildman–Crippen MR) is 63.7 cm³/mol. The van der Waals surface area contributed by atoms with Gasteiger partial charge in [-0.25, -0.2) is 9.97 Å². The number of carboxylic acids is 1. The van der Waals surface area contributed by atoms with E-state index in [0.717, 1.165) is 18.7 Å². The van der Waals surface area contributed by atoms with Crippen molar-refractivity contribution in [3.05, 3.63) is 17.6 Å². The Balaban J connectivity index is 2.33. The Bertz CT molecular complexity index is 453. The molecule has 1 aliphatic rings. The molecule has 1 aromatic heterocycles. The molecule has 0 atom stereocenters. The van der Waals surface area contributed by atoms with Crippen molar-refractivity contribution >= 4 is 11.8 Å². The van der Waals surface area contributed by atoms with Crippen LogP contribution in [0.3, 0.4) is 0 Å². The summed E-state index contributed by atoms with van der Waals surface area (Å²) < 4.78 is 0. The quantitative estimate of drug-likeness (QED) is 0.828. The van der Waals surface area contributed by atoms with E-state index in [-0.39, 0.29) is 6.42 Å². The SMILES string of the molecule is CC(C)(CC(=O)O)c1cc(N)nc(C2CC2)n1. The van der Waals surface area contributed by atoms with Crippen LogP contribution in [0.2, 0.25) is 0 Å². The first-order valence-corrected chi connectivity index (χ1v) is 5.75. The molecule has 1 aliphatic carbocycles. The number of rotatable bonds is 4. The number of nitrogens with zero attached hydrogens (tertiary/aromatic N) is 2. The molecule has 92 valence electrons. The maximum Gasteiger partial charge on any atom is 0.304 e. The van der Waals surface area contributed by atoms with Gasteiger partial charge >= 0.3 is 5.97 Å². The highest BCUT2D eigenvalue weighted by Crippen LogP contribution is 2.39. The first-order chi connectivity index (χ1) is 7.88. The Labute approximate surface area is 100 Å². The van der Waals surface area contributed by atoms with Gasteiger partial charge in [-0.1, -0.05) is 13.8 Å². The van der Waals surface area contributed by atoms with Gasteiger partial charge in [0, 0.05) is 17.4 Å². The molecule has 1 aromatic rings. The molecule has 3 N–H and O–H groups in total. The molecule has 0 aromatic carbocycles. The fraction of sp³-hybridized carbons (Fsp3) is 0.583. The van der Waals surface area contributed by atoms with E-state index in [1.165, 1.54) is 0 Å². The fourth-order valence-corrected chi connectivity index (χ4v) is 1.82. The summed E-state index contributed by atoms with van der Waals surface area (Å²) in [4.78, 5) is 19.5. The molecule has 0 spiro atoms. The summed E-state index contributed by atoms with van der Waals surface area (Å²) in [5.74, 6) is 0.770. The van der Waals surface area contributed by atoms with Crippen molar-refractivity contribution in [1.82, 2.24) is 9.97 Å².